The molecule has 0 saturated carbocycles. The first kappa shape index (κ1) is 29.6. The number of ether oxygens (including phenoxy) is 1. The molecule has 0 radical (unpaired) electrons. The standard InChI is InChI=1S/C29H34FN3O5S/c1-5-18-31-29(35)22(3)32(19-23-8-14-26(38-4)15-9-23)28(34)20-33(25-12-6-21(2)7-13-25)39(36,37)27-16-10-24(30)11-17-27/h6-17,22H,5,18-20H2,1-4H3,(H,31,35). The molecule has 0 heterocycles. The van der Waals surface area contributed by atoms with E-state index in [4.69, 9.17) is 4.74 Å². The number of rotatable bonds is 12. The van der Waals surface area contributed by atoms with Gasteiger partial charge in [0.15, 0.2) is 0 Å². The number of benzene rings is 3. The second kappa shape index (κ2) is 13.2. The molecule has 3 rings (SSSR count). The van der Waals surface area contributed by atoms with Gasteiger partial charge in [-0.15, -0.1) is 0 Å². The first-order chi connectivity index (χ1) is 18.6. The summed E-state index contributed by atoms with van der Waals surface area (Å²) in [5.74, 6) is -0.857. The molecule has 39 heavy (non-hydrogen) atoms. The van der Waals surface area contributed by atoms with Gasteiger partial charge in [-0.3, -0.25) is 13.9 Å². The molecule has 8 nitrogen and oxygen atoms in total. The summed E-state index contributed by atoms with van der Waals surface area (Å²) in [6.45, 7) is 5.34. The van der Waals surface area contributed by atoms with Crippen molar-refractivity contribution in [1.29, 1.82) is 0 Å². The van der Waals surface area contributed by atoms with Crippen molar-refractivity contribution in [3.05, 3.63) is 89.7 Å². The van der Waals surface area contributed by atoms with E-state index in [2.05, 4.69) is 5.32 Å². The zero-order valence-corrected chi connectivity index (χ0v) is 23.4. The van der Waals surface area contributed by atoms with Gasteiger partial charge in [0.1, 0.15) is 24.2 Å². The minimum Gasteiger partial charge on any atom is -0.497 e. The van der Waals surface area contributed by atoms with Crippen molar-refractivity contribution in [2.45, 2.75) is 44.7 Å². The number of nitrogens with zero attached hydrogens (tertiary/aromatic N) is 2. The van der Waals surface area contributed by atoms with Crippen LogP contribution in [0.1, 0.15) is 31.4 Å². The zero-order chi connectivity index (χ0) is 28.6. The molecule has 2 amide bonds. The monoisotopic (exact) mass is 555 g/mol. The maximum atomic E-state index is 13.8. The summed E-state index contributed by atoms with van der Waals surface area (Å²) in [7, 11) is -2.70. The van der Waals surface area contributed by atoms with Crippen LogP contribution < -0.4 is 14.4 Å². The summed E-state index contributed by atoms with van der Waals surface area (Å²) in [5, 5.41) is 2.80. The Morgan fingerprint density at radius 2 is 1.59 bits per heavy atom. The Balaban J connectivity index is 2.00. The molecular formula is C29H34FN3O5S. The van der Waals surface area contributed by atoms with Crippen molar-refractivity contribution < 1.29 is 27.1 Å². The van der Waals surface area contributed by atoms with Crippen LogP contribution in [0.4, 0.5) is 10.1 Å². The molecule has 208 valence electrons. The Kier molecular flexibility index (Phi) is 10.1. The third-order valence-electron chi connectivity index (χ3n) is 6.23. The summed E-state index contributed by atoms with van der Waals surface area (Å²) in [6, 6.07) is 17.3. The highest BCUT2D eigenvalue weighted by Crippen LogP contribution is 2.25. The van der Waals surface area contributed by atoms with Gasteiger partial charge in [-0.05, 0) is 74.4 Å². The SMILES string of the molecule is CCCNC(=O)C(C)N(Cc1ccc(OC)cc1)C(=O)CN(c1ccc(C)cc1)S(=O)(=O)c1ccc(F)cc1. The molecule has 1 N–H and O–H groups in total. The van der Waals surface area contributed by atoms with Crippen molar-refractivity contribution in [3.8, 4) is 5.75 Å². The minimum atomic E-state index is -4.25. The normalized spacial score (nSPS) is 11.9. The Bertz CT molecular complexity index is 1360. The number of methoxy groups -OCH3 is 1. The number of carbonyl (C=O) groups is 2. The molecule has 1 unspecified atom stereocenters. The number of aryl methyl sites for hydroxylation is 1. The van der Waals surface area contributed by atoms with Crippen LogP contribution in [-0.2, 0) is 26.2 Å². The molecule has 0 aliphatic carbocycles. The molecule has 0 spiro atoms. The molecule has 3 aromatic rings. The highest BCUT2D eigenvalue weighted by molar-refractivity contribution is 7.92. The topological polar surface area (TPSA) is 96.0 Å². The highest BCUT2D eigenvalue weighted by atomic mass is 32.2. The lowest BCUT2D eigenvalue weighted by atomic mass is 10.1. The van der Waals surface area contributed by atoms with Crippen LogP contribution in [0.15, 0.2) is 77.7 Å². The Morgan fingerprint density at radius 1 is 0.974 bits per heavy atom. The Morgan fingerprint density at radius 3 is 2.15 bits per heavy atom. The van der Waals surface area contributed by atoms with Gasteiger partial charge in [0, 0.05) is 13.1 Å². The number of hydrogen-bond donors (Lipinski definition) is 1. The van der Waals surface area contributed by atoms with Crippen LogP contribution in [0.3, 0.4) is 0 Å². The second-order valence-corrected chi connectivity index (χ2v) is 11.0. The third kappa shape index (κ3) is 7.57. The lowest BCUT2D eigenvalue weighted by Gasteiger charge is -2.32. The van der Waals surface area contributed by atoms with E-state index in [1.807, 2.05) is 13.8 Å². The molecule has 0 aromatic heterocycles. The van der Waals surface area contributed by atoms with Gasteiger partial charge in [-0.1, -0.05) is 36.8 Å². The number of sulfonamides is 1. The maximum Gasteiger partial charge on any atom is 0.264 e. The average Bonchev–Trinajstić information content (AvgIpc) is 2.93. The summed E-state index contributed by atoms with van der Waals surface area (Å²) in [6.07, 6.45) is 0.724. The summed E-state index contributed by atoms with van der Waals surface area (Å²) in [4.78, 5) is 27.9. The summed E-state index contributed by atoms with van der Waals surface area (Å²) >= 11 is 0. The number of halogens is 1. The molecule has 0 bridgehead atoms. The number of amides is 2. The Labute approximate surface area is 229 Å². The molecule has 0 aliphatic rings. The van der Waals surface area contributed by atoms with Crippen LogP contribution in [0.5, 0.6) is 5.75 Å². The zero-order valence-electron chi connectivity index (χ0n) is 22.6. The molecule has 10 heteroatoms. The van der Waals surface area contributed by atoms with E-state index in [9.17, 15) is 22.4 Å². The van der Waals surface area contributed by atoms with Gasteiger partial charge >= 0.3 is 0 Å². The van der Waals surface area contributed by atoms with Gasteiger partial charge in [0.05, 0.1) is 17.7 Å². The van der Waals surface area contributed by atoms with Gasteiger partial charge in [0.25, 0.3) is 10.0 Å². The fraction of sp³-hybridized carbons (Fsp3) is 0.310. The van der Waals surface area contributed by atoms with Gasteiger partial charge in [0.2, 0.25) is 11.8 Å². The van der Waals surface area contributed by atoms with E-state index >= 15 is 0 Å². The molecule has 0 saturated heterocycles. The van der Waals surface area contributed by atoms with Crippen LogP contribution in [-0.4, -0.2) is 51.4 Å². The van der Waals surface area contributed by atoms with E-state index in [0.717, 1.165) is 46.1 Å². The first-order valence-corrected chi connectivity index (χ1v) is 14.1. The van der Waals surface area contributed by atoms with Crippen molar-refractivity contribution in [2.24, 2.45) is 0 Å². The molecular weight excluding hydrogens is 521 g/mol. The maximum absolute atomic E-state index is 13.8. The lowest BCUT2D eigenvalue weighted by Crippen LogP contribution is -2.51. The van der Waals surface area contributed by atoms with E-state index in [1.54, 1.807) is 62.6 Å². The molecule has 1 atom stereocenters. The lowest BCUT2D eigenvalue weighted by molar-refractivity contribution is -0.139. The minimum absolute atomic E-state index is 0.0713. The smallest absolute Gasteiger partial charge is 0.264 e. The number of nitrogens with one attached hydrogen (secondary N) is 1. The van der Waals surface area contributed by atoms with Gasteiger partial charge in [-0.25, -0.2) is 12.8 Å². The van der Waals surface area contributed by atoms with Gasteiger partial charge in [-0.2, -0.15) is 0 Å². The molecule has 3 aromatic carbocycles. The fourth-order valence-electron chi connectivity index (χ4n) is 3.88. The van der Waals surface area contributed by atoms with Gasteiger partial charge < -0.3 is 15.0 Å². The summed E-state index contributed by atoms with van der Waals surface area (Å²) in [5.41, 5.74) is 1.92. The number of hydrogen-bond acceptors (Lipinski definition) is 5. The van der Waals surface area contributed by atoms with E-state index in [-0.39, 0.29) is 23.0 Å². The van der Waals surface area contributed by atoms with E-state index < -0.39 is 34.3 Å². The Hall–Kier alpha value is -3.92. The highest BCUT2D eigenvalue weighted by Gasteiger charge is 2.32. The summed E-state index contributed by atoms with van der Waals surface area (Å²) < 4.78 is 47.1. The first-order valence-electron chi connectivity index (χ1n) is 12.6. The number of carbonyl (C=O) groups excluding carboxylic acids is 2. The quantitative estimate of drug-likeness (QED) is 0.360. The van der Waals surface area contributed by atoms with Crippen LogP contribution in [0.2, 0.25) is 0 Å². The molecule has 0 fully saturated rings. The van der Waals surface area contributed by atoms with E-state index in [0.29, 0.717) is 12.3 Å². The van der Waals surface area contributed by atoms with Crippen LogP contribution in [0, 0.1) is 12.7 Å². The van der Waals surface area contributed by atoms with Crippen molar-refractivity contribution in [3.63, 3.8) is 0 Å². The van der Waals surface area contributed by atoms with Crippen molar-refractivity contribution in [2.75, 3.05) is 24.5 Å². The predicted molar refractivity (Wildman–Crippen MR) is 148 cm³/mol. The average molecular weight is 556 g/mol. The van der Waals surface area contributed by atoms with Crippen molar-refractivity contribution >= 4 is 27.5 Å². The molecule has 0 aliphatic heterocycles. The fourth-order valence-corrected chi connectivity index (χ4v) is 5.29. The largest absolute Gasteiger partial charge is 0.497 e. The van der Waals surface area contributed by atoms with Crippen LogP contribution >= 0.6 is 0 Å². The van der Waals surface area contributed by atoms with Crippen molar-refractivity contribution in [1.82, 2.24) is 10.2 Å². The third-order valence-corrected chi connectivity index (χ3v) is 8.02. The second-order valence-electron chi connectivity index (χ2n) is 9.14. The predicted octanol–water partition coefficient (Wildman–Crippen LogP) is 4.28. The van der Waals surface area contributed by atoms with Crippen LogP contribution in [0.25, 0.3) is 0 Å². The number of anilines is 1. The van der Waals surface area contributed by atoms with E-state index in [1.165, 1.54) is 4.90 Å².